The molecule has 212 valence electrons. The number of thiazole rings is 1. The van der Waals surface area contributed by atoms with Crippen LogP contribution in [0.1, 0.15) is 30.4 Å². The monoisotopic (exact) mass is 604 g/mol. The second-order valence-corrected chi connectivity index (χ2v) is 12.9. The number of ether oxygens (including phenoxy) is 1. The molecule has 0 bridgehead atoms. The zero-order valence-corrected chi connectivity index (χ0v) is 25.8. The van der Waals surface area contributed by atoms with Gasteiger partial charge in [-0.15, -0.1) is 32.2 Å². The maximum Gasteiger partial charge on any atom is 0.230 e. The molecule has 0 radical (unpaired) electrons. The Morgan fingerprint density at radius 3 is 2.20 bits per heavy atom. The number of nitrogens with zero attached hydrogens (tertiary/aromatic N) is 8. The summed E-state index contributed by atoms with van der Waals surface area (Å²) < 4.78 is 6.22. The maximum absolute atomic E-state index is 5.09. The number of rotatable bonds is 12. The molecule has 1 fully saturated rings. The van der Waals surface area contributed by atoms with Crippen molar-refractivity contribution in [1.82, 2.24) is 4.98 Å². The van der Waals surface area contributed by atoms with Gasteiger partial charge in [-0.2, -0.15) is 10.2 Å². The van der Waals surface area contributed by atoms with Gasteiger partial charge in [0.1, 0.15) is 5.00 Å². The Hall–Kier alpha value is -3.32. The van der Waals surface area contributed by atoms with Crippen molar-refractivity contribution >= 4 is 72.3 Å². The highest BCUT2D eigenvalue weighted by molar-refractivity contribution is 8.01. The zero-order valence-electron chi connectivity index (χ0n) is 23.4. The van der Waals surface area contributed by atoms with Crippen LogP contribution in [0.3, 0.4) is 0 Å². The van der Waals surface area contributed by atoms with Crippen LogP contribution >= 0.6 is 34.4 Å². The van der Waals surface area contributed by atoms with E-state index in [9.17, 15) is 0 Å². The number of azo groups is 3. The first kappa shape index (κ1) is 29.2. The molecule has 2 aromatic heterocycles. The van der Waals surface area contributed by atoms with Gasteiger partial charge in [0.2, 0.25) is 5.13 Å². The molecule has 12 heteroatoms. The molecule has 41 heavy (non-hydrogen) atoms. The van der Waals surface area contributed by atoms with Crippen LogP contribution in [0.5, 0.6) is 0 Å². The summed E-state index contributed by atoms with van der Waals surface area (Å²) in [5.74, 6) is 0.992. The Morgan fingerprint density at radius 1 is 0.829 bits per heavy atom. The molecular weight excluding hydrogens is 573 g/mol. The fourth-order valence-corrected chi connectivity index (χ4v) is 6.81. The van der Waals surface area contributed by atoms with Gasteiger partial charge in [-0.3, -0.25) is 0 Å². The van der Waals surface area contributed by atoms with E-state index in [0.717, 1.165) is 75.0 Å². The van der Waals surface area contributed by atoms with Crippen LogP contribution in [-0.4, -0.2) is 37.5 Å². The van der Waals surface area contributed by atoms with Gasteiger partial charge in [-0.05, 0) is 92.8 Å². The van der Waals surface area contributed by atoms with Crippen molar-refractivity contribution in [3.05, 3.63) is 65.9 Å². The van der Waals surface area contributed by atoms with Crippen LogP contribution in [0.15, 0.2) is 89.6 Å². The van der Waals surface area contributed by atoms with Gasteiger partial charge in [-0.25, -0.2) is 4.98 Å². The molecule has 0 aliphatic carbocycles. The number of hydrogen-bond acceptors (Lipinski definition) is 12. The molecule has 1 aliphatic rings. The lowest BCUT2D eigenvalue weighted by molar-refractivity contribution is 0.200. The number of methoxy groups -OCH3 is 1. The summed E-state index contributed by atoms with van der Waals surface area (Å²) in [5, 5.41) is 29.3. The number of aryl methyl sites for hydroxylation is 2. The maximum atomic E-state index is 5.09. The number of thiophene rings is 1. The number of thioether (sulfide) groups is 1. The van der Waals surface area contributed by atoms with Gasteiger partial charge >= 0.3 is 0 Å². The minimum Gasteiger partial charge on any atom is -0.385 e. The Morgan fingerprint density at radius 2 is 1.51 bits per heavy atom. The SMILES string of the molecule is COCCCSc1cnc(N=Nc2ccc(N=Nc3ccc(N=Nc4ccc(N5CCCC5)s4)cc3C)cc2C)s1. The third-order valence-electron chi connectivity index (χ3n) is 6.35. The van der Waals surface area contributed by atoms with E-state index in [1.54, 1.807) is 30.2 Å². The highest BCUT2D eigenvalue weighted by Gasteiger charge is 2.14. The molecule has 4 aromatic rings. The van der Waals surface area contributed by atoms with Gasteiger partial charge in [0, 0.05) is 32.6 Å². The molecule has 0 atom stereocenters. The third kappa shape index (κ3) is 8.35. The summed E-state index contributed by atoms with van der Waals surface area (Å²) >= 11 is 4.98. The van der Waals surface area contributed by atoms with E-state index in [1.807, 2.05) is 62.5 Å². The average Bonchev–Trinajstić information content (AvgIpc) is 3.76. The van der Waals surface area contributed by atoms with E-state index in [-0.39, 0.29) is 0 Å². The fourth-order valence-electron chi connectivity index (χ4n) is 4.16. The number of aromatic nitrogens is 1. The Labute approximate surface area is 252 Å². The van der Waals surface area contributed by atoms with Gasteiger partial charge in [-0.1, -0.05) is 22.7 Å². The first-order valence-corrected chi connectivity index (χ1v) is 16.1. The average molecular weight is 605 g/mol. The molecule has 0 spiro atoms. The number of hydrogen-bond donors (Lipinski definition) is 0. The predicted molar refractivity (Wildman–Crippen MR) is 170 cm³/mol. The fraction of sp³-hybridized carbons (Fsp3) is 0.345. The largest absolute Gasteiger partial charge is 0.385 e. The van der Waals surface area contributed by atoms with Crippen molar-refractivity contribution in [3.8, 4) is 0 Å². The molecule has 0 amide bonds. The van der Waals surface area contributed by atoms with E-state index in [2.05, 4.69) is 46.6 Å². The minimum atomic E-state index is 0.642. The predicted octanol–water partition coefficient (Wildman–Crippen LogP) is 10.8. The van der Waals surface area contributed by atoms with Crippen LogP contribution < -0.4 is 4.90 Å². The topological polar surface area (TPSA) is 99.5 Å². The van der Waals surface area contributed by atoms with E-state index in [1.165, 1.54) is 29.2 Å². The summed E-state index contributed by atoms with van der Waals surface area (Å²) in [4.78, 5) is 6.77. The van der Waals surface area contributed by atoms with Crippen molar-refractivity contribution in [2.45, 2.75) is 37.3 Å². The van der Waals surface area contributed by atoms with Crippen molar-refractivity contribution in [1.29, 1.82) is 0 Å². The van der Waals surface area contributed by atoms with Gasteiger partial charge in [0.05, 0.1) is 38.2 Å². The lowest BCUT2D eigenvalue weighted by atomic mass is 10.2. The quantitative estimate of drug-likeness (QED) is 0.0912. The molecule has 0 unspecified atom stereocenters. The van der Waals surface area contributed by atoms with Crippen molar-refractivity contribution < 1.29 is 4.74 Å². The first-order valence-electron chi connectivity index (χ1n) is 13.5. The molecule has 1 aliphatic heterocycles. The van der Waals surface area contributed by atoms with Crippen LogP contribution in [0.4, 0.5) is 37.9 Å². The number of benzene rings is 2. The standard InChI is InChI=1S/C29H32N8OS3/c1-20-18-23(32-35-26-11-12-27(40-26)37-13-4-5-14-37)8-9-24(20)33-31-22-7-10-25(21(2)17-22)34-36-29-30-19-28(41-29)39-16-6-15-38-3/h7-12,17-19H,4-6,13-16H2,1-3H3. The van der Waals surface area contributed by atoms with Crippen LogP contribution in [0.2, 0.25) is 0 Å². The summed E-state index contributed by atoms with van der Waals surface area (Å²) in [6.07, 6.45) is 5.38. The lowest BCUT2D eigenvalue weighted by Gasteiger charge is -2.13. The molecule has 0 saturated carbocycles. The molecule has 5 rings (SSSR count). The van der Waals surface area contributed by atoms with E-state index >= 15 is 0 Å². The van der Waals surface area contributed by atoms with Gasteiger partial charge < -0.3 is 9.64 Å². The molecule has 2 aromatic carbocycles. The second kappa shape index (κ2) is 14.5. The molecular formula is C29H32N8OS3. The summed E-state index contributed by atoms with van der Waals surface area (Å²) in [7, 11) is 1.72. The molecule has 3 heterocycles. The summed E-state index contributed by atoms with van der Waals surface area (Å²) in [6, 6.07) is 15.7. The smallest absolute Gasteiger partial charge is 0.230 e. The third-order valence-corrected chi connectivity index (χ3v) is 9.54. The molecule has 1 saturated heterocycles. The Bertz CT molecular complexity index is 1540. The highest BCUT2D eigenvalue weighted by Crippen LogP contribution is 2.36. The van der Waals surface area contributed by atoms with Gasteiger partial charge in [0.25, 0.3) is 0 Å². The summed E-state index contributed by atoms with van der Waals surface area (Å²) in [5.41, 5.74) is 5.05. The zero-order chi connectivity index (χ0) is 28.4. The summed E-state index contributed by atoms with van der Waals surface area (Å²) in [6.45, 7) is 7.01. The Balaban J connectivity index is 1.17. The molecule has 0 N–H and O–H groups in total. The van der Waals surface area contributed by atoms with Crippen LogP contribution in [0.25, 0.3) is 0 Å². The second-order valence-electron chi connectivity index (χ2n) is 9.50. The van der Waals surface area contributed by atoms with Gasteiger partial charge in [0.15, 0.2) is 0 Å². The normalized spacial score (nSPS) is 14.0. The highest BCUT2D eigenvalue weighted by atomic mass is 32.2. The van der Waals surface area contributed by atoms with Crippen molar-refractivity contribution in [2.24, 2.45) is 30.7 Å². The van der Waals surface area contributed by atoms with E-state index < -0.39 is 0 Å². The van der Waals surface area contributed by atoms with Crippen LogP contribution in [0, 0.1) is 13.8 Å². The molecule has 9 nitrogen and oxygen atoms in total. The number of anilines is 1. The minimum absolute atomic E-state index is 0.642. The van der Waals surface area contributed by atoms with Crippen molar-refractivity contribution in [3.63, 3.8) is 0 Å². The first-order chi connectivity index (χ1) is 20.1. The van der Waals surface area contributed by atoms with Crippen LogP contribution in [-0.2, 0) is 4.74 Å². The van der Waals surface area contributed by atoms with E-state index in [0.29, 0.717) is 5.13 Å². The Kier molecular flexibility index (Phi) is 10.3. The lowest BCUT2D eigenvalue weighted by Crippen LogP contribution is -2.15. The van der Waals surface area contributed by atoms with Crippen molar-refractivity contribution in [2.75, 3.05) is 37.5 Å². The van der Waals surface area contributed by atoms with E-state index in [4.69, 9.17) is 4.74 Å².